The van der Waals surface area contributed by atoms with Crippen LogP contribution in [0.5, 0.6) is 0 Å². The van der Waals surface area contributed by atoms with Gasteiger partial charge in [0, 0.05) is 0 Å². The molecule has 1 heteroatoms. The Labute approximate surface area is 81.9 Å². The third kappa shape index (κ3) is 1.90. The van der Waals surface area contributed by atoms with Crippen molar-refractivity contribution >= 4 is 0 Å². The summed E-state index contributed by atoms with van der Waals surface area (Å²) in [5.74, 6) is 1.63. The zero-order chi connectivity index (χ0) is 9.31. The summed E-state index contributed by atoms with van der Waals surface area (Å²) in [6, 6.07) is 0. The van der Waals surface area contributed by atoms with E-state index < -0.39 is 0 Å². The zero-order valence-electron chi connectivity index (χ0n) is 9.01. The van der Waals surface area contributed by atoms with Gasteiger partial charge in [-0.25, -0.2) is 0 Å². The molecule has 1 saturated heterocycles. The third-order valence-corrected chi connectivity index (χ3v) is 4.03. The van der Waals surface area contributed by atoms with Crippen molar-refractivity contribution in [2.45, 2.75) is 58.0 Å². The molecule has 1 heterocycles. The van der Waals surface area contributed by atoms with Crippen molar-refractivity contribution in [1.82, 2.24) is 0 Å². The summed E-state index contributed by atoms with van der Waals surface area (Å²) >= 11 is 0. The molecular formula is C12H22O. The van der Waals surface area contributed by atoms with Gasteiger partial charge in [0.1, 0.15) is 0 Å². The first-order valence-corrected chi connectivity index (χ1v) is 5.86. The largest absolute Gasteiger partial charge is 0.375 e. The quantitative estimate of drug-likeness (QED) is 0.604. The standard InChI is InChI=1S/C12H22O/c1-10(2)11-5-8-12(13-9-11)6-3-4-7-12/h10-11H,3-9H2,1-2H3. The van der Waals surface area contributed by atoms with Crippen LogP contribution in [0.2, 0.25) is 0 Å². The molecule has 2 rings (SSSR count). The van der Waals surface area contributed by atoms with E-state index in [1.54, 1.807) is 0 Å². The fourth-order valence-electron chi connectivity index (χ4n) is 2.83. The van der Waals surface area contributed by atoms with Crippen molar-refractivity contribution in [2.24, 2.45) is 11.8 Å². The molecule has 1 unspecified atom stereocenters. The molecule has 0 amide bonds. The Balaban J connectivity index is 1.88. The van der Waals surface area contributed by atoms with Crippen LogP contribution in [-0.2, 0) is 4.74 Å². The monoisotopic (exact) mass is 182 g/mol. The lowest BCUT2D eigenvalue weighted by Gasteiger charge is -2.39. The van der Waals surface area contributed by atoms with Crippen molar-refractivity contribution in [1.29, 1.82) is 0 Å². The van der Waals surface area contributed by atoms with Gasteiger partial charge in [-0.3, -0.25) is 0 Å². The zero-order valence-corrected chi connectivity index (χ0v) is 9.01. The number of hydrogen-bond acceptors (Lipinski definition) is 1. The van der Waals surface area contributed by atoms with E-state index in [1.165, 1.54) is 38.5 Å². The molecular weight excluding hydrogens is 160 g/mol. The Hall–Kier alpha value is -0.0400. The van der Waals surface area contributed by atoms with Crippen LogP contribution in [-0.4, -0.2) is 12.2 Å². The number of rotatable bonds is 1. The fraction of sp³-hybridized carbons (Fsp3) is 1.00. The lowest BCUT2D eigenvalue weighted by atomic mass is 9.83. The molecule has 13 heavy (non-hydrogen) atoms. The van der Waals surface area contributed by atoms with Gasteiger partial charge in [0.15, 0.2) is 0 Å². The van der Waals surface area contributed by atoms with Crippen molar-refractivity contribution in [3.05, 3.63) is 0 Å². The lowest BCUT2D eigenvalue weighted by Crippen LogP contribution is -2.38. The van der Waals surface area contributed by atoms with Gasteiger partial charge in [0.05, 0.1) is 12.2 Å². The van der Waals surface area contributed by atoms with Gasteiger partial charge < -0.3 is 4.74 Å². The van der Waals surface area contributed by atoms with Gasteiger partial charge >= 0.3 is 0 Å². The highest BCUT2D eigenvalue weighted by atomic mass is 16.5. The van der Waals surface area contributed by atoms with Crippen molar-refractivity contribution < 1.29 is 4.74 Å². The minimum absolute atomic E-state index is 0.339. The molecule has 0 aromatic rings. The van der Waals surface area contributed by atoms with E-state index in [1.807, 2.05) is 0 Å². The molecule has 2 aliphatic rings. The molecule has 0 radical (unpaired) electrons. The molecule has 1 saturated carbocycles. The summed E-state index contributed by atoms with van der Waals surface area (Å²) in [6.45, 7) is 5.67. The van der Waals surface area contributed by atoms with Crippen LogP contribution in [0.1, 0.15) is 52.4 Å². The van der Waals surface area contributed by atoms with Gasteiger partial charge in [0.25, 0.3) is 0 Å². The SMILES string of the molecule is CC(C)C1CCC2(CCCC2)OC1. The topological polar surface area (TPSA) is 9.23 Å². The average molecular weight is 182 g/mol. The summed E-state index contributed by atoms with van der Waals surface area (Å²) in [5.41, 5.74) is 0.339. The van der Waals surface area contributed by atoms with E-state index in [0.29, 0.717) is 5.60 Å². The second kappa shape index (κ2) is 3.61. The first-order valence-electron chi connectivity index (χ1n) is 5.86. The molecule has 0 aromatic heterocycles. The van der Waals surface area contributed by atoms with E-state index >= 15 is 0 Å². The van der Waals surface area contributed by atoms with E-state index in [2.05, 4.69) is 13.8 Å². The molecule has 1 spiro atoms. The minimum Gasteiger partial charge on any atom is -0.375 e. The smallest absolute Gasteiger partial charge is 0.0682 e. The molecule has 1 atom stereocenters. The predicted octanol–water partition coefficient (Wildman–Crippen LogP) is 3.38. The highest BCUT2D eigenvalue weighted by molar-refractivity contribution is 4.90. The van der Waals surface area contributed by atoms with Crippen LogP contribution in [0.25, 0.3) is 0 Å². The molecule has 0 N–H and O–H groups in total. The summed E-state index contributed by atoms with van der Waals surface area (Å²) in [4.78, 5) is 0. The molecule has 2 fully saturated rings. The maximum Gasteiger partial charge on any atom is 0.0682 e. The highest BCUT2D eigenvalue weighted by Gasteiger charge is 2.39. The van der Waals surface area contributed by atoms with Gasteiger partial charge in [-0.2, -0.15) is 0 Å². The summed E-state index contributed by atoms with van der Waals surface area (Å²) in [5, 5.41) is 0. The van der Waals surface area contributed by atoms with E-state index in [-0.39, 0.29) is 0 Å². The van der Waals surface area contributed by atoms with E-state index in [4.69, 9.17) is 4.74 Å². The number of ether oxygens (including phenoxy) is 1. The average Bonchev–Trinajstić information content (AvgIpc) is 2.54. The Bertz CT molecular complexity index is 158. The Morgan fingerprint density at radius 3 is 2.31 bits per heavy atom. The van der Waals surface area contributed by atoms with Crippen LogP contribution in [0.4, 0.5) is 0 Å². The second-order valence-electron chi connectivity index (χ2n) is 5.24. The van der Waals surface area contributed by atoms with Gasteiger partial charge in [0.2, 0.25) is 0 Å². The first kappa shape index (κ1) is 9.51. The van der Waals surface area contributed by atoms with Crippen LogP contribution < -0.4 is 0 Å². The van der Waals surface area contributed by atoms with Crippen LogP contribution in [0.15, 0.2) is 0 Å². The first-order chi connectivity index (χ1) is 6.22. The molecule has 0 bridgehead atoms. The maximum atomic E-state index is 6.10. The summed E-state index contributed by atoms with van der Waals surface area (Å²) in [7, 11) is 0. The molecule has 0 aromatic carbocycles. The molecule has 76 valence electrons. The van der Waals surface area contributed by atoms with E-state index in [9.17, 15) is 0 Å². The maximum absolute atomic E-state index is 6.10. The third-order valence-electron chi connectivity index (χ3n) is 4.03. The van der Waals surface area contributed by atoms with Crippen molar-refractivity contribution in [3.63, 3.8) is 0 Å². The van der Waals surface area contributed by atoms with Gasteiger partial charge in [-0.05, 0) is 37.5 Å². The fourth-order valence-corrected chi connectivity index (χ4v) is 2.83. The second-order valence-corrected chi connectivity index (χ2v) is 5.24. The summed E-state index contributed by atoms with van der Waals surface area (Å²) in [6.07, 6.45) is 8.18. The number of hydrogen-bond donors (Lipinski definition) is 0. The minimum atomic E-state index is 0.339. The Morgan fingerprint density at radius 2 is 1.85 bits per heavy atom. The van der Waals surface area contributed by atoms with Crippen molar-refractivity contribution in [3.8, 4) is 0 Å². The van der Waals surface area contributed by atoms with Crippen LogP contribution in [0, 0.1) is 11.8 Å². The Morgan fingerprint density at radius 1 is 1.15 bits per heavy atom. The molecule has 1 aliphatic carbocycles. The summed E-state index contributed by atoms with van der Waals surface area (Å²) < 4.78 is 6.10. The molecule has 1 nitrogen and oxygen atoms in total. The normalized spacial score (nSPS) is 33.0. The Kier molecular flexibility index (Phi) is 2.64. The van der Waals surface area contributed by atoms with Gasteiger partial charge in [-0.15, -0.1) is 0 Å². The van der Waals surface area contributed by atoms with Crippen molar-refractivity contribution in [2.75, 3.05) is 6.61 Å². The predicted molar refractivity (Wildman–Crippen MR) is 54.7 cm³/mol. The molecule has 1 aliphatic heterocycles. The van der Waals surface area contributed by atoms with Gasteiger partial charge in [-0.1, -0.05) is 26.7 Å². The highest BCUT2D eigenvalue weighted by Crippen LogP contribution is 2.42. The lowest BCUT2D eigenvalue weighted by molar-refractivity contribution is -0.104. The van der Waals surface area contributed by atoms with E-state index in [0.717, 1.165) is 18.4 Å². The van der Waals surface area contributed by atoms with Crippen LogP contribution >= 0.6 is 0 Å². The van der Waals surface area contributed by atoms with Crippen LogP contribution in [0.3, 0.4) is 0 Å².